The van der Waals surface area contributed by atoms with Crippen LogP contribution < -0.4 is 0 Å². The van der Waals surface area contributed by atoms with Crippen LogP contribution in [0.25, 0.3) is 0 Å². The first kappa shape index (κ1) is 19.7. The van der Waals surface area contributed by atoms with Crippen LogP contribution in [0.3, 0.4) is 0 Å². The molecular formula is C19H38O. The molecule has 1 nitrogen and oxygen atoms in total. The molecule has 0 spiro atoms. The van der Waals surface area contributed by atoms with Gasteiger partial charge in [-0.3, -0.25) is 0 Å². The van der Waals surface area contributed by atoms with Gasteiger partial charge in [-0.25, -0.2) is 0 Å². The molecule has 120 valence electrons. The van der Waals surface area contributed by atoms with Crippen molar-refractivity contribution in [2.45, 2.75) is 110 Å². The Kier molecular flexibility index (Phi) is 16.5. The highest BCUT2D eigenvalue weighted by atomic mass is 16.3. The predicted octanol–water partition coefficient (Wildman–Crippen LogP) is 6.40. The van der Waals surface area contributed by atoms with E-state index in [4.69, 9.17) is 5.11 Å². The largest absolute Gasteiger partial charge is 0.393 e. The van der Waals surface area contributed by atoms with Gasteiger partial charge >= 0.3 is 0 Å². The molecule has 0 aliphatic rings. The standard InChI is InChI=1S/C19H38O/c1-3-4-5-6-7-8-9-10-11-12-13-14-15-16-17-18-19(2)20/h10-11,19-20H,3-9,12-18H2,1-2H3/b11-10+/t19-/m0/s1. The highest BCUT2D eigenvalue weighted by Crippen LogP contribution is 2.10. The van der Waals surface area contributed by atoms with E-state index in [-0.39, 0.29) is 6.10 Å². The van der Waals surface area contributed by atoms with Crippen molar-refractivity contribution in [3.8, 4) is 0 Å². The Morgan fingerprint density at radius 1 is 0.700 bits per heavy atom. The lowest BCUT2D eigenvalue weighted by molar-refractivity contribution is 0.180. The van der Waals surface area contributed by atoms with E-state index in [9.17, 15) is 0 Å². The molecule has 0 aliphatic heterocycles. The summed E-state index contributed by atoms with van der Waals surface area (Å²) in [5, 5.41) is 9.15. The van der Waals surface area contributed by atoms with Crippen LogP contribution in [-0.2, 0) is 0 Å². The fourth-order valence-corrected chi connectivity index (χ4v) is 2.51. The first-order valence-corrected chi connectivity index (χ1v) is 9.10. The van der Waals surface area contributed by atoms with Gasteiger partial charge < -0.3 is 5.11 Å². The molecule has 1 N–H and O–H groups in total. The molecule has 0 rings (SSSR count). The Labute approximate surface area is 127 Å². The average Bonchev–Trinajstić information content (AvgIpc) is 2.43. The van der Waals surface area contributed by atoms with E-state index < -0.39 is 0 Å². The van der Waals surface area contributed by atoms with Gasteiger partial charge in [-0.05, 0) is 39.0 Å². The third kappa shape index (κ3) is 17.7. The van der Waals surface area contributed by atoms with Gasteiger partial charge in [0, 0.05) is 0 Å². The van der Waals surface area contributed by atoms with E-state index in [0.29, 0.717) is 0 Å². The summed E-state index contributed by atoms with van der Waals surface area (Å²) in [6, 6.07) is 0. The number of allylic oxidation sites excluding steroid dienone is 2. The molecule has 20 heavy (non-hydrogen) atoms. The molecule has 0 bridgehead atoms. The van der Waals surface area contributed by atoms with Gasteiger partial charge in [0.15, 0.2) is 0 Å². The first-order valence-electron chi connectivity index (χ1n) is 9.10. The number of unbranched alkanes of at least 4 members (excludes halogenated alkanes) is 11. The fraction of sp³-hybridized carbons (Fsp3) is 0.895. The molecule has 0 unspecified atom stereocenters. The topological polar surface area (TPSA) is 20.2 Å². The Morgan fingerprint density at radius 2 is 1.15 bits per heavy atom. The Morgan fingerprint density at radius 3 is 1.65 bits per heavy atom. The van der Waals surface area contributed by atoms with Gasteiger partial charge in [-0.1, -0.05) is 76.9 Å². The van der Waals surface area contributed by atoms with E-state index >= 15 is 0 Å². The van der Waals surface area contributed by atoms with Crippen molar-refractivity contribution in [1.82, 2.24) is 0 Å². The smallest absolute Gasteiger partial charge is 0.0512 e. The van der Waals surface area contributed by atoms with Gasteiger partial charge in [0.1, 0.15) is 0 Å². The maximum atomic E-state index is 9.15. The summed E-state index contributed by atoms with van der Waals surface area (Å²) in [5.74, 6) is 0. The molecule has 0 saturated carbocycles. The molecule has 0 aromatic rings. The van der Waals surface area contributed by atoms with Crippen LogP contribution in [0, 0.1) is 0 Å². The summed E-state index contributed by atoms with van der Waals surface area (Å²) >= 11 is 0. The summed E-state index contributed by atoms with van der Waals surface area (Å²) < 4.78 is 0. The summed E-state index contributed by atoms with van der Waals surface area (Å²) in [7, 11) is 0. The predicted molar refractivity (Wildman–Crippen MR) is 91.1 cm³/mol. The lowest BCUT2D eigenvalue weighted by atomic mass is 10.1. The van der Waals surface area contributed by atoms with Crippen molar-refractivity contribution in [3.63, 3.8) is 0 Å². The molecule has 0 aromatic heterocycles. The normalized spacial score (nSPS) is 13.2. The van der Waals surface area contributed by atoms with Crippen molar-refractivity contribution in [3.05, 3.63) is 12.2 Å². The van der Waals surface area contributed by atoms with Gasteiger partial charge in [0.2, 0.25) is 0 Å². The summed E-state index contributed by atoms with van der Waals surface area (Å²) in [6.07, 6.45) is 23.0. The quantitative estimate of drug-likeness (QED) is 0.272. The van der Waals surface area contributed by atoms with Crippen molar-refractivity contribution in [1.29, 1.82) is 0 Å². The highest BCUT2D eigenvalue weighted by molar-refractivity contribution is 4.81. The second kappa shape index (κ2) is 16.8. The molecule has 0 saturated heterocycles. The molecular weight excluding hydrogens is 244 g/mol. The third-order valence-electron chi connectivity index (χ3n) is 3.88. The number of hydrogen-bond acceptors (Lipinski definition) is 1. The summed E-state index contributed by atoms with van der Waals surface area (Å²) in [5.41, 5.74) is 0. The first-order chi connectivity index (χ1) is 9.77. The maximum absolute atomic E-state index is 9.15. The van der Waals surface area contributed by atoms with E-state index in [1.165, 1.54) is 83.5 Å². The minimum atomic E-state index is -0.111. The summed E-state index contributed by atoms with van der Waals surface area (Å²) in [4.78, 5) is 0. The fourth-order valence-electron chi connectivity index (χ4n) is 2.51. The van der Waals surface area contributed by atoms with Crippen molar-refractivity contribution >= 4 is 0 Å². The van der Waals surface area contributed by atoms with Crippen LogP contribution in [0.5, 0.6) is 0 Å². The molecule has 0 aliphatic carbocycles. The molecule has 1 atom stereocenters. The maximum Gasteiger partial charge on any atom is 0.0512 e. The van der Waals surface area contributed by atoms with Gasteiger partial charge in [-0.15, -0.1) is 0 Å². The average molecular weight is 283 g/mol. The van der Waals surface area contributed by atoms with Crippen LogP contribution in [-0.4, -0.2) is 11.2 Å². The van der Waals surface area contributed by atoms with Crippen molar-refractivity contribution < 1.29 is 5.11 Å². The Hall–Kier alpha value is -0.300. The zero-order valence-electron chi connectivity index (χ0n) is 14.1. The molecule has 0 amide bonds. The molecule has 0 heterocycles. The summed E-state index contributed by atoms with van der Waals surface area (Å²) in [6.45, 7) is 4.16. The molecule has 0 fully saturated rings. The van der Waals surface area contributed by atoms with E-state index in [1.54, 1.807) is 0 Å². The Balaban J connectivity index is 3.05. The van der Waals surface area contributed by atoms with Gasteiger partial charge in [0.05, 0.1) is 6.10 Å². The van der Waals surface area contributed by atoms with Crippen molar-refractivity contribution in [2.75, 3.05) is 0 Å². The zero-order chi connectivity index (χ0) is 14.9. The number of aliphatic hydroxyl groups excluding tert-OH is 1. The van der Waals surface area contributed by atoms with Crippen LogP contribution >= 0.6 is 0 Å². The molecule has 0 aromatic carbocycles. The van der Waals surface area contributed by atoms with Gasteiger partial charge in [0.25, 0.3) is 0 Å². The monoisotopic (exact) mass is 282 g/mol. The lowest BCUT2D eigenvalue weighted by Gasteiger charge is -2.03. The third-order valence-corrected chi connectivity index (χ3v) is 3.88. The zero-order valence-corrected chi connectivity index (χ0v) is 14.1. The minimum absolute atomic E-state index is 0.111. The highest BCUT2D eigenvalue weighted by Gasteiger charge is 1.95. The van der Waals surface area contributed by atoms with Crippen molar-refractivity contribution in [2.24, 2.45) is 0 Å². The second-order valence-corrected chi connectivity index (χ2v) is 6.22. The van der Waals surface area contributed by atoms with Crippen LogP contribution in [0.2, 0.25) is 0 Å². The second-order valence-electron chi connectivity index (χ2n) is 6.22. The van der Waals surface area contributed by atoms with E-state index in [1.807, 2.05) is 6.92 Å². The number of rotatable bonds is 15. The van der Waals surface area contributed by atoms with Crippen LogP contribution in [0.1, 0.15) is 104 Å². The molecule has 1 heteroatoms. The SMILES string of the molecule is CCCCCCCC/C=C/CCCCCCC[C@H](C)O. The van der Waals surface area contributed by atoms with Crippen LogP contribution in [0.4, 0.5) is 0 Å². The van der Waals surface area contributed by atoms with Crippen LogP contribution in [0.15, 0.2) is 12.2 Å². The van der Waals surface area contributed by atoms with E-state index in [2.05, 4.69) is 19.1 Å². The minimum Gasteiger partial charge on any atom is -0.393 e. The number of hydrogen-bond donors (Lipinski definition) is 1. The lowest BCUT2D eigenvalue weighted by Crippen LogP contribution is -1.98. The Bertz CT molecular complexity index is 196. The number of aliphatic hydroxyl groups is 1. The molecule has 0 radical (unpaired) electrons. The van der Waals surface area contributed by atoms with Gasteiger partial charge in [-0.2, -0.15) is 0 Å². The van der Waals surface area contributed by atoms with E-state index in [0.717, 1.165) is 6.42 Å².